The summed E-state index contributed by atoms with van der Waals surface area (Å²) in [6, 6.07) is -0.693. The predicted octanol–water partition coefficient (Wildman–Crippen LogP) is -1.33. The summed E-state index contributed by atoms with van der Waals surface area (Å²) >= 11 is 0. The van der Waals surface area contributed by atoms with E-state index >= 15 is 0 Å². The van der Waals surface area contributed by atoms with Crippen molar-refractivity contribution in [1.82, 2.24) is 13.4 Å². The van der Waals surface area contributed by atoms with Gasteiger partial charge < -0.3 is 4.57 Å². The lowest BCUT2D eigenvalue weighted by Gasteiger charge is -2.26. The zero-order valence-electron chi connectivity index (χ0n) is 13.8. The van der Waals surface area contributed by atoms with E-state index in [1.165, 1.54) is 14.1 Å². The molecule has 2 rings (SSSR count). The lowest BCUT2D eigenvalue weighted by atomic mass is 10.2. The van der Waals surface area contributed by atoms with Gasteiger partial charge in [0.1, 0.15) is 0 Å². The minimum atomic E-state index is -4.21. The average Bonchev–Trinajstić information content (AvgIpc) is 2.85. The zero-order valence-corrected chi connectivity index (χ0v) is 15.4. The van der Waals surface area contributed by atoms with E-state index in [1.54, 1.807) is 6.92 Å². The highest BCUT2D eigenvalue weighted by molar-refractivity contribution is 7.92. The van der Waals surface area contributed by atoms with Gasteiger partial charge in [-0.15, -0.1) is 0 Å². The SMILES string of the molecule is CCCN([C@@H]1CCS(=O)(=O)C1)S(=O)(=O)c1cn(C)c(=O)n(C)c1=O. The number of hydrogen-bond donors (Lipinski definition) is 0. The summed E-state index contributed by atoms with van der Waals surface area (Å²) in [5, 5.41) is 0. The highest BCUT2D eigenvalue weighted by Crippen LogP contribution is 2.23. The first-order chi connectivity index (χ1) is 11.0. The molecule has 1 aromatic heterocycles. The summed E-state index contributed by atoms with van der Waals surface area (Å²) in [6.07, 6.45) is 1.67. The molecule has 9 nitrogen and oxygen atoms in total. The fourth-order valence-electron chi connectivity index (χ4n) is 2.80. The van der Waals surface area contributed by atoms with Crippen LogP contribution in [-0.2, 0) is 34.0 Å². The molecule has 0 amide bonds. The van der Waals surface area contributed by atoms with Crippen LogP contribution in [0.1, 0.15) is 19.8 Å². The van der Waals surface area contributed by atoms with Gasteiger partial charge in [-0.3, -0.25) is 9.36 Å². The zero-order chi connectivity index (χ0) is 18.3. The normalized spacial score (nSPS) is 20.6. The summed E-state index contributed by atoms with van der Waals surface area (Å²) < 4.78 is 52.1. The Bertz CT molecular complexity index is 958. The highest BCUT2D eigenvalue weighted by atomic mass is 32.2. The molecule has 1 atom stereocenters. The number of sulfonamides is 1. The van der Waals surface area contributed by atoms with E-state index in [9.17, 15) is 26.4 Å². The molecule has 0 unspecified atom stereocenters. The van der Waals surface area contributed by atoms with Crippen LogP contribution in [0.3, 0.4) is 0 Å². The summed E-state index contributed by atoms with van der Waals surface area (Å²) in [5.41, 5.74) is -1.55. The quantitative estimate of drug-likeness (QED) is 0.626. The standard InChI is InChI=1S/C13H21N3O6S2/c1-4-6-16(10-5-7-23(19,20)9-10)24(21,22)11-8-14(2)13(18)15(3)12(11)17/h8,10H,4-7,9H2,1-3H3/t10-/m1/s1. The molecular formula is C13H21N3O6S2. The molecule has 1 aliphatic heterocycles. The average molecular weight is 379 g/mol. The number of sulfone groups is 1. The first kappa shape index (κ1) is 18.9. The maximum absolute atomic E-state index is 13.0. The van der Waals surface area contributed by atoms with Crippen molar-refractivity contribution < 1.29 is 16.8 Å². The number of aromatic nitrogens is 2. The molecule has 0 radical (unpaired) electrons. The van der Waals surface area contributed by atoms with E-state index < -0.39 is 42.0 Å². The smallest absolute Gasteiger partial charge is 0.302 e. The fourth-order valence-corrected chi connectivity index (χ4v) is 6.52. The summed E-state index contributed by atoms with van der Waals surface area (Å²) in [4.78, 5) is 23.5. The van der Waals surface area contributed by atoms with Gasteiger partial charge in [0, 0.05) is 32.9 Å². The van der Waals surface area contributed by atoms with Gasteiger partial charge in [0.25, 0.3) is 5.56 Å². The van der Waals surface area contributed by atoms with Crippen LogP contribution in [0.5, 0.6) is 0 Å². The van der Waals surface area contributed by atoms with Gasteiger partial charge in [-0.1, -0.05) is 6.92 Å². The third-order valence-electron chi connectivity index (χ3n) is 4.06. The Hall–Kier alpha value is -1.46. The predicted molar refractivity (Wildman–Crippen MR) is 88.2 cm³/mol. The largest absolute Gasteiger partial charge is 0.330 e. The Morgan fingerprint density at radius 2 is 1.92 bits per heavy atom. The molecule has 1 aromatic rings. The van der Waals surface area contributed by atoms with Crippen LogP contribution < -0.4 is 11.2 Å². The van der Waals surface area contributed by atoms with Crippen molar-refractivity contribution in [3.05, 3.63) is 27.0 Å². The molecular weight excluding hydrogens is 358 g/mol. The highest BCUT2D eigenvalue weighted by Gasteiger charge is 2.39. The third kappa shape index (κ3) is 3.33. The maximum Gasteiger partial charge on any atom is 0.330 e. The van der Waals surface area contributed by atoms with E-state index in [4.69, 9.17) is 0 Å². The van der Waals surface area contributed by atoms with Gasteiger partial charge in [-0.25, -0.2) is 21.6 Å². The number of nitrogens with zero attached hydrogens (tertiary/aromatic N) is 3. The van der Waals surface area contributed by atoms with Gasteiger partial charge in [0.05, 0.1) is 11.5 Å². The molecule has 0 bridgehead atoms. The first-order valence-corrected chi connectivity index (χ1v) is 10.8. The van der Waals surface area contributed by atoms with Crippen molar-refractivity contribution in [3.8, 4) is 0 Å². The van der Waals surface area contributed by atoms with Crippen LogP contribution in [0, 0.1) is 0 Å². The molecule has 2 heterocycles. The van der Waals surface area contributed by atoms with Crippen molar-refractivity contribution in [1.29, 1.82) is 0 Å². The monoisotopic (exact) mass is 379 g/mol. The molecule has 136 valence electrons. The maximum atomic E-state index is 13.0. The Labute approximate surface area is 140 Å². The molecule has 1 fully saturated rings. The topological polar surface area (TPSA) is 116 Å². The van der Waals surface area contributed by atoms with Crippen LogP contribution in [0.15, 0.2) is 20.7 Å². The molecule has 24 heavy (non-hydrogen) atoms. The van der Waals surface area contributed by atoms with Crippen LogP contribution in [0.2, 0.25) is 0 Å². The second-order valence-electron chi connectivity index (χ2n) is 5.92. The molecule has 0 N–H and O–H groups in total. The Morgan fingerprint density at radius 1 is 1.29 bits per heavy atom. The Balaban J connectivity index is 2.59. The van der Waals surface area contributed by atoms with Gasteiger partial charge in [0.15, 0.2) is 14.7 Å². The molecule has 0 saturated carbocycles. The lowest BCUT2D eigenvalue weighted by molar-refractivity contribution is 0.339. The van der Waals surface area contributed by atoms with Crippen LogP contribution in [-0.4, -0.2) is 54.4 Å². The minimum absolute atomic E-state index is 0.0707. The molecule has 11 heteroatoms. The summed E-state index contributed by atoms with van der Waals surface area (Å²) in [7, 11) is -4.94. The van der Waals surface area contributed by atoms with Crippen molar-refractivity contribution in [2.24, 2.45) is 14.1 Å². The van der Waals surface area contributed by atoms with Crippen molar-refractivity contribution >= 4 is 19.9 Å². The summed E-state index contributed by atoms with van der Waals surface area (Å²) in [6.45, 7) is 1.87. The van der Waals surface area contributed by atoms with E-state index in [0.29, 0.717) is 6.42 Å². The van der Waals surface area contributed by atoms with E-state index in [2.05, 4.69) is 0 Å². The van der Waals surface area contributed by atoms with E-state index in [-0.39, 0.29) is 24.5 Å². The molecule has 0 aliphatic carbocycles. The second-order valence-corrected chi connectivity index (χ2v) is 10.0. The van der Waals surface area contributed by atoms with Gasteiger partial charge in [-0.2, -0.15) is 4.31 Å². The van der Waals surface area contributed by atoms with Gasteiger partial charge in [-0.05, 0) is 12.8 Å². The summed E-state index contributed by atoms with van der Waals surface area (Å²) in [5.74, 6) is -0.322. The number of hydrogen-bond acceptors (Lipinski definition) is 6. The molecule has 0 spiro atoms. The lowest BCUT2D eigenvalue weighted by Crippen LogP contribution is -2.46. The van der Waals surface area contributed by atoms with Crippen molar-refractivity contribution in [2.45, 2.75) is 30.7 Å². The number of aryl methyl sites for hydroxylation is 1. The van der Waals surface area contributed by atoms with Crippen LogP contribution in [0.4, 0.5) is 0 Å². The van der Waals surface area contributed by atoms with Crippen molar-refractivity contribution in [3.63, 3.8) is 0 Å². The van der Waals surface area contributed by atoms with Gasteiger partial charge >= 0.3 is 5.69 Å². The third-order valence-corrected chi connectivity index (χ3v) is 7.75. The van der Waals surface area contributed by atoms with Crippen LogP contribution in [0.25, 0.3) is 0 Å². The van der Waals surface area contributed by atoms with Crippen LogP contribution >= 0.6 is 0 Å². The first-order valence-electron chi connectivity index (χ1n) is 7.50. The molecule has 1 saturated heterocycles. The fraction of sp³-hybridized carbons (Fsp3) is 0.692. The van der Waals surface area contributed by atoms with Crippen molar-refractivity contribution in [2.75, 3.05) is 18.1 Å². The van der Waals surface area contributed by atoms with Gasteiger partial charge in [0.2, 0.25) is 10.0 Å². The number of rotatable bonds is 5. The Kier molecular flexibility index (Phi) is 5.07. The minimum Gasteiger partial charge on any atom is -0.302 e. The molecule has 1 aliphatic rings. The Morgan fingerprint density at radius 3 is 2.42 bits per heavy atom. The van der Waals surface area contributed by atoms with E-state index in [1.807, 2.05) is 0 Å². The molecule has 0 aromatic carbocycles. The van der Waals surface area contributed by atoms with E-state index in [0.717, 1.165) is 19.6 Å². The second kappa shape index (κ2) is 6.45.